The first kappa shape index (κ1) is 26.5. The zero-order valence-corrected chi connectivity index (χ0v) is 23.0. The van der Waals surface area contributed by atoms with E-state index in [1.165, 1.54) is 5.56 Å². The first-order valence-electron chi connectivity index (χ1n) is 13.4. The summed E-state index contributed by atoms with van der Waals surface area (Å²) in [6, 6.07) is 16.7. The number of piperazine rings is 1. The van der Waals surface area contributed by atoms with Gasteiger partial charge in [-0.05, 0) is 44.0 Å². The minimum atomic E-state index is 0.176. The van der Waals surface area contributed by atoms with Crippen molar-refractivity contribution in [3.63, 3.8) is 0 Å². The standard InChI is InChI=1S/C29H37ClN6O2/c1-34-14-16-35(17-15-34)23-10-11-26(27(19-23)37-2)32-29-31-20-25(30)28(33-29)36(21-24-9-6-18-38-24)13-12-22-7-4-3-5-8-22/h3-5,7-8,10-11,19-20,24H,6,9,12-18,21H2,1-2H3,(H,31,32,33). The van der Waals surface area contributed by atoms with Crippen LogP contribution >= 0.6 is 11.6 Å². The summed E-state index contributed by atoms with van der Waals surface area (Å²) in [7, 11) is 3.85. The molecule has 8 nitrogen and oxygen atoms in total. The van der Waals surface area contributed by atoms with Gasteiger partial charge in [0, 0.05) is 57.6 Å². The van der Waals surface area contributed by atoms with E-state index in [1.54, 1.807) is 13.3 Å². The first-order valence-corrected chi connectivity index (χ1v) is 13.8. The van der Waals surface area contributed by atoms with Crippen molar-refractivity contribution < 1.29 is 9.47 Å². The van der Waals surface area contributed by atoms with Gasteiger partial charge in [0.1, 0.15) is 10.8 Å². The van der Waals surface area contributed by atoms with E-state index in [0.29, 0.717) is 16.8 Å². The van der Waals surface area contributed by atoms with Gasteiger partial charge in [0.25, 0.3) is 0 Å². The third kappa shape index (κ3) is 6.67. The highest BCUT2D eigenvalue weighted by Crippen LogP contribution is 2.33. The highest BCUT2D eigenvalue weighted by molar-refractivity contribution is 6.32. The topological polar surface area (TPSA) is 66.0 Å². The van der Waals surface area contributed by atoms with Gasteiger partial charge in [-0.25, -0.2) is 4.98 Å². The van der Waals surface area contributed by atoms with Gasteiger partial charge in [-0.3, -0.25) is 0 Å². The fourth-order valence-electron chi connectivity index (χ4n) is 5.03. The molecule has 0 saturated carbocycles. The maximum Gasteiger partial charge on any atom is 0.229 e. The maximum atomic E-state index is 6.67. The molecule has 0 bridgehead atoms. The minimum absolute atomic E-state index is 0.176. The van der Waals surface area contributed by atoms with Crippen molar-refractivity contribution in [1.29, 1.82) is 0 Å². The highest BCUT2D eigenvalue weighted by Gasteiger charge is 2.23. The van der Waals surface area contributed by atoms with Crippen LogP contribution in [0.3, 0.4) is 0 Å². The fourth-order valence-corrected chi connectivity index (χ4v) is 5.24. The van der Waals surface area contributed by atoms with Crippen molar-refractivity contribution in [2.75, 3.05) is 75.1 Å². The summed E-state index contributed by atoms with van der Waals surface area (Å²) < 4.78 is 11.7. The molecular formula is C29H37ClN6O2. The SMILES string of the molecule is COc1cc(N2CCN(C)CC2)ccc1Nc1ncc(Cl)c(N(CCc2ccccc2)CC2CCCO2)n1. The van der Waals surface area contributed by atoms with E-state index in [1.807, 2.05) is 12.1 Å². The Bertz CT molecular complexity index is 1180. The fraction of sp³-hybridized carbons (Fsp3) is 0.448. The minimum Gasteiger partial charge on any atom is -0.494 e. The molecule has 3 aromatic rings. The number of halogens is 1. The quantitative estimate of drug-likeness (QED) is 0.394. The Kier molecular flexibility index (Phi) is 8.83. The lowest BCUT2D eigenvalue weighted by Crippen LogP contribution is -2.44. The second-order valence-electron chi connectivity index (χ2n) is 9.98. The summed E-state index contributed by atoms with van der Waals surface area (Å²) in [6.07, 6.45) is 4.87. The molecule has 0 aliphatic carbocycles. The Morgan fingerprint density at radius 2 is 1.95 bits per heavy atom. The van der Waals surface area contributed by atoms with Crippen LogP contribution in [-0.4, -0.2) is 81.0 Å². The number of anilines is 4. The van der Waals surface area contributed by atoms with E-state index >= 15 is 0 Å². The van der Waals surface area contributed by atoms with Crippen LogP contribution in [0.2, 0.25) is 5.02 Å². The van der Waals surface area contributed by atoms with Crippen LogP contribution in [0.1, 0.15) is 18.4 Å². The molecule has 202 valence electrons. The van der Waals surface area contributed by atoms with Crippen molar-refractivity contribution in [3.8, 4) is 5.75 Å². The summed E-state index contributed by atoms with van der Waals surface area (Å²) in [5, 5.41) is 3.89. The molecule has 0 spiro atoms. The van der Waals surface area contributed by atoms with Gasteiger partial charge in [0.2, 0.25) is 5.95 Å². The number of aromatic nitrogens is 2. The van der Waals surface area contributed by atoms with Crippen LogP contribution in [-0.2, 0) is 11.2 Å². The Morgan fingerprint density at radius 1 is 1.13 bits per heavy atom. The summed E-state index contributed by atoms with van der Waals surface area (Å²) in [5.74, 6) is 1.94. The average molecular weight is 537 g/mol. The van der Waals surface area contributed by atoms with Crippen LogP contribution in [0, 0.1) is 0 Å². The van der Waals surface area contributed by atoms with Crippen molar-refractivity contribution >= 4 is 34.7 Å². The highest BCUT2D eigenvalue weighted by atomic mass is 35.5. The molecule has 1 N–H and O–H groups in total. The predicted molar refractivity (Wildman–Crippen MR) is 154 cm³/mol. The number of hydrogen-bond acceptors (Lipinski definition) is 8. The second kappa shape index (κ2) is 12.7. The van der Waals surface area contributed by atoms with E-state index in [0.717, 1.165) is 82.3 Å². The summed E-state index contributed by atoms with van der Waals surface area (Å²) >= 11 is 6.67. The third-order valence-corrected chi connectivity index (χ3v) is 7.55. The van der Waals surface area contributed by atoms with Crippen LogP contribution in [0.25, 0.3) is 0 Å². The maximum absolute atomic E-state index is 6.67. The largest absolute Gasteiger partial charge is 0.494 e. The zero-order valence-electron chi connectivity index (χ0n) is 22.3. The molecule has 1 atom stereocenters. The Balaban J connectivity index is 1.35. The molecular weight excluding hydrogens is 500 g/mol. The Labute approximate surface area is 230 Å². The molecule has 2 aliphatic heterocycles. The summed E-state index contributed by atoms with van der Waals surface area (Å²) in [4.78, 5) is 16.3. The average Bonchev–Trinajstić information content (AvgIpc) is 3.47. The van der Waals surface area contributed by atoms with Gasteiger partial charge in [0.15, 0.2) is 5.82 Å². The lowest BCUT2D eigenvalue weighted by atomic mass is 10.1. The number of likely N-dealkylation sites (N-methyl/N-ethyl adjacent to an activating group) is 1. The van der Waals surface area contributed by atoms with E-state index < -0.39 is 0 Å². The number of methoxy groups -OCH3 is 1. The van der Waals surface area contributed by atoms with E-state index in [2.05, 4.69) is 68.4 Å². The third-order valence-electron chi connectivity index (χ3n) is 7.29. The van der Waals surface area contributed by atoms with Gasteiger partial charge in [-0.15, -0.1) is 0 Å². The normalized spacial score (nSPS) is 18.0. The number of nitrogens with one attached hydrogen (secondary N) is 1. The van der Waals surface area contributed by atoms with Crippen LogP contribution < -0.4 is 19.9 Å². The van der Waals surface area contributed by atoms with Crippen LogP contribution in [0.15, 0.2) is 54.7 Å². The smallest absolute Gasteiger partial charge is 0.229 e. The molecule has 2 aliphatic rings. The molecule has 38 heavy (non-hydrogen) atoms. The van der Waals surface area contributed by atoms with Gasteiger partial charge in [-0.2, -0.15) is 4.98 Å². The van der Waals surface area contributed by atoms with Gasteiger partial charge in [0.05, 0.1) is 25.1 Å². The molecule has 1 unspecified atom stereocenters. The lowest BCUT2D eigenvalue weighted by molar-refractivity contribution is 0.115. The number of benzene rings is 2. The monoisotopic (exact) mass is 536 g/mol. The van der Waals surface area contributed by atoms with Gasteiger partial charge >= 0.3 is 0 Å². The Morgan fingerprint density at radius 3 is 2.68 bits per heavy atom. The van der Waals surface area contributed by atoms with Gasteiger partial charge < -0.3 is 29.5 Å². The van der Waals surface area contributed by atoms with Crippen molar-refractivity contribution in [2.24, 2.45) is 0 Å². The molecule has 2 saturated heterocycles. The zero-order chi connectivity index (χ0) is 26.3. The molecule has 2 aromatic carbocycles. The predicted octanol–water partition coefficient (Wildman–Crippen LogP) is 4.86. The Hall–Kier alpha value is -3.07. The molecule has 3 heterocycles. The number of rotatable bonds is 10. The van der Waals surface area contributed by atoms with E-state index in [4.69, 9.17) is 26.1 Å². The van der Waals surface area contributed by atoms with Crippen molar-refractivity contribution in [2.45, 2.75) is 25.4 Å². The molecule has 0 amide bonds. The lowest BCUT2D eigenvalue weighted by Gasteiger charge is -2.34. The summed E-state index contributed by atoms with van der Waals surface area (Å²) in [6.45, 7) is 6.44. The van der Waals surface area contributed by atoms with Crippen molar-refractivity contribution in [3.05, 3.63) is 65.3 Å². The van der Waals surface area contributed by atoms with Crippen molar-refractivity contribution in [1.82, 2.24) is 14.9 Å². The second-order valence-corrected chi connectivity index (χ2v) is 10.4. The van der Waals surface area contributed by atoms with Crippen LogP contribution in [0.4, 0.5) is 23.1 Å². The number of nitrogens with zero attached hydrogens (tertiary/aromatic N) is 5. The molecule has 9 heteroatoms. The first-order chi connectivity index (χ1) is 18.6. The van der Waals surface area contributed by atoms with Gasteiger partial charge in [-0.1, -0.05) is 41.9 Å². The van der Waals surface area contributed by atoms with Crippen LogP contribution in [0.5, 0.6) is 5.75 Å². The molecule has 2 fully saturated rings. The number of ether oxygens (including phenoxy) is 2. The summed E-state index contributed by atoms with van der Waals surface area (Å²) in [5.41, 5.74) is 3.24. The number of hydrogen-bond donors (Lipinski definition) is 1. The van der Waals surface area contributed by atoms with E-state index in [-0.39, 0.29) is 6.10 Å². The molecule has 5 rings (SSSR count). The molecule has 1 aromatic heterocycles. The molecule has 0 radical (unpaired) electrons. The van der Waals surface area contributed by atoms with E-state index in [9.17, 15) is 0 Å².